The number of nitrogens with zero attached hydrogens (tertiary/aromatic N) is 3. The van der Waals surface area contributed by atoms with Crippen LogP contribution in [0.25, 0.3) is 0 Å². The second-order valence-electron chi connectivity index (χ2n) is 7.69. The molecule has 34 heavy (non-hydrogen) atoms. The van der Waals surface area contributed by atoms with Crippen LogP contribution < -0.4 is 5.32 Å². The molecule has 0 spiro atoms. The van der Waals surface area contributed by atoms with Crippen molar-refractivity contribution in [2.45, 2.75) is 22.4 Å². The Bertz CT molecular complexity index is 1340. The smallest absolute Gasteiger partial charge is 0.243 e. The average molecular weight is 501 g/mol. The number of pyridine rings is 1. The van der Waals surface area contributed by atoms with Gasteiger partial charge in [-0.3, -0.25) is 9.78 Å². The molecule has 0 bridgehead atoms. The number of hydrogen-bond donors (Lipinski definition) is 1. The highest BCUT2D eigenvalue weighted by Gasteiger charge is 2.43. The van der Waals surface area contributed by atoms with Crippen molar-refractivity contribution in [3.05, 3.63) is 90.8 Å². The molecule has 0 radical (unpaired) electrons. The van der Waals surface area contributed by atoms with Crippen molar-refractivity contribution in [2.75, 3.05) is 19.6 Å². The molecule has 1 saturated heterocycles. The van der Waals surface area contributed by atoms with E-state index in [1.54, 1.807) is 60.9 Å². The highest BCUT2D eigenvalue weighted by molar-refractivity contribution is 7.89. The standard InChI is InChI=1S/C23H24N4O5S2/c28-23(25-17-19-11-13-24-14-12-19)22-18-26(33(29,30)20-7-3-1-4-8-20)15-16-27(22)34(31,32)21-9-5-2-6-10-21/h1-14,22H,15-18H2,(H,25,28). The lowest BCUT2D eigenvalue weighted by Gasteiger charge is -2.38. The molecule has 1 aliphatic rings. The molecule has 2 heterocycles. The number of hydrogen-bond acceptors (Lipinski definition) is 6. The van der Waals surface area contributed by atoms with Gasteiger partial charge in [-0.25, -0.2) is 16.8 Å². The van der Waals surface area contributed by atoms with Crippen LogP contribution in [0.4, 0.5) is 0 Å². The third-order valence-corrected chi connectivity index (χ3v) is 9.35. The van der Waals surface area contributed by atoms with Gasteiger partial charge in [0.25, 0.3) is 0 Å². The van der Waals surface area contributed by atoms with Crippen LogP contribution in [0.3, 0.4) is 0 Å². The Labute approximate surface area is 199 Å². The van der Waals surface area contributed by atoms with Crippen LogP contribution >= 0.6 is 0 Å². The number of carbonyl (C=O) groups excluding carboxylic acids is 1. The quantitative estimate of drug-likeness (QED) is 0.525. The van der Waals surface area contributed by atoms with E-state index in [1.807, 2.05) is 0 Å². The van der Waals surface area contributed by atoms with Crippen molar-refractivity contribution in [2.24, 2.45) is 0 Å². The summed E-state index contributed by atoms with van der Waals surface area (Å²) >= 11 is 0. The first-order chi connectivity index (χ1) is 16.3. The summed E-state index contributed by atoms with van der Waals surface area (Å²) in [4.78, 5) is 17.3. The fourth-order valence-corrected chi connectivity index (χ4v) is 6.79. The van der Waals surface area contributed by atoms with Gasteiger partial charge in [-0.1, -0.05) is 36.4 Å². The van der Waals surface area contributed by atoms with E-state index in [-0.39, 0.29) is 36.0 Å². The maximum Gasteiger partial charge on any atom is 0.243 e. The van der Waals surface area contributed by atoms with Gasteiger partial charge in [-0.2, -0.15) is 8.61 Å². The molecular weight excluding hydrogens is 476 g/mol. The van der Waals surface area contributed by atoms with Crippen LogP contribution in [-0.4, -0.2) is 62.0 Å². The Morgan fingerprint density at radius 1 is 0.824 bits per heavy atom. The second kappa shape index (κ2) is 10.0. The van der Waals surface area contributed by atoms with Crippen molar-refractivity contribution in [1.29, 1.82) is 0 Å². The monoisotopic (exact) mass is 500 g/mol. The lowest BCUT2D eigenvalue weighted by Crippen LogP contribution is -2.61. The number of nitrogens with one attached hydrogen (secondary N) is 1. The Balaban J connectivity index is 1.63. The van der Waals surface area contributed by atoms with Crippen molar-refractivity contribution < 1.29 is 21.6 Å². The molecule has 2 aromatic carbocycles. The van der Waals surface area contributed by atoms with Crippen LogP contribution in [-0.2, 0) is 31.4 Å². The Kier molecular flexibility index (Phi) is 7.08. The van der Waals surface area contributed by atoms with E-state index in [4.69, 9.17) is 0 Å². The molecule has 1 atom stereocenters. The summed E-state index contributed by atoms with van der Waals surface area (Å²) in [6.45, 7) is -0.373. The zero-order valence-electron chi connectivity index (χ0n) is 18.2. The maximum absolute atomic E-state index is 13.4. The molecule has 0 saturated carbocycles. The molecule has 1 aromatic heterocycles. The van der Waals surface area contributed by atoms with Crippen molar-refractivity contribution >= 4 is 26.0 Å². The van der Waals surface area contributed by atoms with Crippen LogP contribution in [0.15, 0.2) is 95.0 Å². The predicted octanol–water partition coefficient (Wildman–Crippen LogP) is 1.46. The van der Waals surface area contributed by atoms with Gasteiger partial charge >= 0.3 is 0 Å². The SMILES string of the molecule is O=C(NCc1ccncc1)C1CN(S(=O)(=O)c2ccccc2)CCN1S(=O)(=O)c1ccccc1. The molecule has 1 amide bonds. The van der Waals surface area contributed by atoms with Crippen LogP contribution in [0.1, 0.15) is 5.56 Å². The molecular formula is C23H24N4O5S2. The van der Waals surface area contributed by atoms with Gasteiger partial charge in [0, 0.05) is 38.6 Å². The number of benzene rings is 2. The van der Waals surface area contributed by atoms with E-state index in [0.717, 1.165) is 14.2 Å². The topological polar surface area (TPSA) is 117 Å². The maximum atomic E-state index is 13.4. The molecule has 178 valence electrons. The van der Waals surface area contributed by atoms with Gasteiger partial charge < -0.3 is 5.32 Å². The minimum atomic E-state index is -4.03. The van der Waals surface area contributed by atoms with Gasteiger partial charge in [-0.05, 0) is 42.0 Å². The number of carbonyl (C=O) groups is 1. The van der Waals surface area contributed by atoms with E-state index < -0.39 is 32.0 Å². The molecule has 4 rings (SSSR count). The van der Waals surface area contributed by atoms with E-state index in [9.17, 15) is 21.6 Å². The number of rotatable bonds is 7. The minimum Gasteiger partial charge on any atom is -0.351 e. The van der Waals surface area contributed by atoms with Crippen LogP contribution in [0.5, 0.6) is 0 Å². The minimum absolute atomic E-state index is 0.0429. The zero-order chi connectivity index (χ0) is 24.2. The number of aromatic nitrogens is 1. The molecule has 3 aromatic rings. The molecule has 11 heteroatoms. The van der Waals surface area contributed by atoms with E-state index in [1.165, 1.54) is 24.3 Å². The molecule has 0 aliphatic carbocycles. The van der Waals surface area contributed by atoms with E-state index in [0.29, 0.717) is 0 Å². The Morgan fingerprint density at radius 3 is 1.97 bits per heavy atom. The van der Waals surface area contributed by atoms with Crippen molar-refractivity contribution in [3.8, 4) is 0 Å². The second-order valence-corrected chi connectivity index (χ2v) is 11.5. The van der Waals surface area contributed by atoms with Crippen molar-refractivity contribution in [1.82, 2.24) is 18.9 Å². The fourth-order valence-electron chi connectivity index (χ4n) is 3.74. The third-order valence-electron chi connectivity index (χ3n) is 5.54. The van der Waals surface area contributed by atoms with Gasteiger partial charge in [0.15, 0.2) is 0 Å². The lowest BCUT2D eigenvalue weighted by molar-refractivity contribution is -0.126. The van der Waals surface area contributed by atoms with Crippen LogP contribution in [0, 0.1) is 0 Å². The summed E-state index contributed by atoms with van der Waals surface area (Å²) < 4.78 is 55.4. The molecule has 1 fully saturated rings. The normalized spacial score (nSPS) is 17.8. The van der Waals surface area contributed by atoms with E-state index in [2.05, 4.69) is 10.3 Å². The van der Waals surface area contributed by atoms with Gasteiger partial charge in [0.2, 0.25) is 26.0 Å². The molecule has 1 unspecified atom stereocenters. The summed E-state index contributed by atoms with van der Waals surface area (Å²) in [5.74, 6) is -0.579. The molecule has 1 N–H and O–H groups in total. The predicted molar refractivity (Wildman–Crippen MR) is 125 cm³/mol. The lowest BCUT2D eigenvalue weighted by atomic mass is 10.2. The third kappa shape index (κ3) is 5.02. The number of sulfonamides is 2. The van der Waals surface area contributed by atoms with Crippen LogP contribution in [0.2, 0.25) is 0 Å². The number of piperazine rings is 1. The fraction of sp³-hybridized carbons (Fsp3) is 0.217. The average Bonchev–Trinajstić information content (AvgIpc) is 2.88. The first kappa shape index (κ1) is 24.0. The molecule has 1 aliphatic heterocycles. The zero-order valence-corrected chi connectivity index (χ0v) is 19.8. The van der Waals surface area contributed by atoms with Gasteiger partial charge in [0.1, 0.15) is 6.04 Å². The van der Waals surface area contributed by atoms with Crippen molar-refractivity contribution in [3.63, 3.8) is 0 Å². The highest BCUT2D eigenvalue weighted by Crippen LogP contribution is 2.25. The summed E-state index contributed by atoms with van der Waals surface area (Å²) in [7, 11) is -7.94. The Hall–Kier alpha value is -3.12. The first-order valence-electron chi connectivity index (χ1n) is 10.6. The summed E-state index contributed by atoms with van der Waals surface area (Å²) in [6, 6.07) is 17.9. The summed E-state index contributed by atoms with van der Waals surface area (Å²) in [5, 5.41) is 2.74. The largest absolute Gasteiger partial charge is 0.351 e. The summed E-state index contributed by atoms with van der Waals surface area (Å²) in [5.41, 5.74) is 0.783. The summed E-state index contributed by atoms with van der Waals surface area (Å²) in [6.07, 6.45) is 3.17. The number of amides is 1. The Morgan fingerprint density at radius 2 is 1.38 bits per heavy atom. The van der Waals surface area contributed by atoms with E-state index >= 15 is 0 Å². The van der Waals surface area contributed by atoms with Gasteiger partial charge in [-0.15, -0.1) is 0 Å². The first-order valence-corrected chi connectivity index (χ1v) is 13.5. The molecule has 9 nitrogen and oxygen atoms in total. The highest BCUT2D eigenvalue weighted by atomic mass is 32.2. The van der Waals surface area contributed by atoms with Gasteiger partial charge in [0.05, 0.1) is 9.79 Å².